The highest BCUT2D eigenvalue weighted by molar-refractivity contribution is 8.21. The van der Waals surface area contributed by atoms with E-state index in [2.05, 4.69) is 22.0 Å². The third-order valence-corrected chi connectivity index (χ3v) is 4.35. The van der Waals surface area contributed by atoms with Gasteiger partial charge in [-0.05, 0) is 70.2 Å². The summed E-state index contributed by atoms with van der Waals surface area (Å²) in [7, 11) is 11.0. The Balaban J connectivity index is 1.86. The van der Waals surface area contributed by atoms with Crippen molar-refractivity contribution in [1.82, 2.24) is 4.98 Å². The van der Waals surface area contributed by atoms with E-state index in [1.165, 1.54) is 11.0 Å². The van der Waals surface area contributed by atoms with Crippen molar-refractivity contribution >= 4 is 27.3 Å². The van der Waals surface area contributed by atoms with Crippen LogP contribution < -0.4 is 4.90 Å². The van der Waals surface area contributed by atoms with Crippen molar-refractivity contribution in [1.29, 1.82) is 0 Å². The molecule has 22 heavy (non-hydrogen) atoms. The standard InChI is InChI=1S/C17H15ClN2OS/c1-20(2)14-7-3-12(4-8-14)16-11-19-17(21-16)13-5-9-15(22-18)10-6-13/h3-11H,1-2H3. The van der Waals surface area contributed by atoms with Gasteiger partial charge in [0.2, 0.25) is 5.89 Å². The van der Waals surface area contributed by atoms with Gasteiger partial charge >= 0.3 is 0 Å². The van der Waals surface area contributed by atoms with Gasteiger partial charge in [0.25, 0.3) is 0 Å². The van der Waals surface area contributed by atoms with E-state index in [-0.39, 0.29) is 0 Å². The van der Waals surface area contributed by atoms with E-state index in [1.807, 2.05) is 50.5 Å². The molecule has 0 amide bonds. The lowest BCUT2D eigenvalue weighted by atomic mass is 10.1. The normalized spacial score (nSPS) is 10.7. The average molecular weight is 331 g/mol. The van der Waals surface area contributed by atoms with Gasteiger partial charge in [0.15, 0.2) is 5.76 Å². The van der Waals surface area contributed by atoms with Crippen molar-refractivity contribution in [2.24, 2.45) is 0 Å². The highest BCUT2D eigenvalue weighted by Gasteiger charge is 2.09. The molecule has 0 aliphatic heterocycles. The first-order valence-corrected chi connectivity index (χ1v) is 8.44. The first kappa shape index (κ1) is 15.0. The molecule has 3 aromatic rings. The molecule has 2 aromatic carbocycles. The number of anilines is 1. The van der Waals surface area contributed by atoms with Crippen LogP contribution in [0.25, 0.3) is 22.8 Å². The van der Waals surface area contributed by atoms with Gasteiger partial charge in [-0.25, -0.2) is 4.98 Å². The van der Waals surface area contributed by atoms with Gasteiger partial charge in [-0.1, -0.05) is 0 Å². The Hall–Kier alpha value is -1.91. The molecule has 0 fully saturated rings. The van der Waals surface area contributed by atoms with Crippen LogP contribution in [0.3, 0.4) is 0 Å². The lowest BCUT2D eigenvalue weighted by Crippen LogP contribution is -2.07. The molecule has 0 radical (unpaired) electrons. The number of halogens is 1. The van der Waals surface area contributed by atoms with Crippen LogP contribution in [-0.4, -0.2) is 19.1 Å². The molecular weight excluding hydrogens is 316 g/mol. The molecule has 1 aromatic heterocycles. The Morgan fingerprint density at radius 2 is 1.59 bits per heavy atom. The maximum absolute atomic E-state index is 5.87. The average Bonchev–Trinajstić information content (AvgIpc) is 3.05. The number of nitrogens with zero attached hydrogens (tertiary/aromatic N) is 2. The zero-order chi connectivity index (χ0) is 15.5. The van der Waals surface area contributed by atoms with Gasteiger partial charge < -0.3 is 9.32 Å². The topological polar surface area (TPSA) is 29.3 Å². The van der Waals surface area contributed by atoms with Gasteiger partial charge in [0.05, 0.1) is 6.20 Å². The second-order valence-electron chi connectivity index (χ2n) is 5.07. The lowest BCUT2D eigenvalue weighted by molar-refractivity contribution is 0.589. The Morgan fingerprint density at radius 3 is 2.18 bits per heavy atom. The van der Waals surface area contributed by atoms with Crippen LogP contribution in [0.5, 0.6) is 0 Å². The zero-order valence-corrected chi connectivity index (χ0v) is 13.9. The number of rotatable bonds is 4. The molecule has 112 valence electrons. The van der Waals surface area contributed by atoms with Crippen molar-refractivity contribution in [3.8, 4) is 22.8 Å². The third-order valence-electron chi connectivity index (χ3n) is 3.36. The second-order valence-corrected chi connectivity index (χ2v) is 6.16. The van der Waals surface area contributed by atoms with Crippen LogP contribution in [0.15, 0.2) is 64.0 Å². The number of oxazole rings is 1. The van der Waals surface area contributed by atoms with E-state index in [9.17, 15) is 0 Å². The highest BCUT2D eigenvalue weighted by atomic mass is 35.7. The van der Waals surface area contributed by atoms with E-state index >= 15 is 0 Å². The van der Waals surface area contributed by atoms with Crippen molar-refractivity contribution in [3.63, 3.8) is 0 Å². The van der Waals surface area contributed by atoms with Crippen LogP contribution in [0.2, 0.25) is 0 Å². The fraction of sp³-hybridized carbons (Fsp3) is 0.118. The van der Waals surface area contributed by atoms with Crippen LogP contribution in [0.1, 0.15) is 0 Å². The molecule has 3 nitrogen and oxygen atoms in total. The molecule has 0 saturated carbocycles. The van der Waals surface area contributed by atoms with Crippen LogP contribution in [0, 0.1) is 0 Å². The summed E-state index contributed by atoms with van der Waals surface area (Å²) in [6, 6.07) is 16.0. The van der Waals surface area contributed by atoms with Crippen LogP contribution in [0.4, 0.5) is 5.69 Å². The molecule has 5 heteroatoms. The summed E-state index contributed by atoms with van der Waals surface area (Å²) in [5, 5.41) is 0. The minimum atomic E-state index is 0.609. The molecule has 0 aliphatic rings. The Kier molecular flexibility index (Phi) is 4.41. The monoisotopic (exact) mass is 330 g/mol. The Bertz CT molecular complexity index is 751. The van der Waals surface area contributed by atoms with Gasteiger partial charge in [-0.15, -0.1) is 0 Å². The van der Waals surface area contributed by atoms with Crippen molar-refractivity contribution in [2.75, 3.05) is 19.0 Å². The van der Waals surface area contributed by atoms with Gasteiger partial charge in [0, 0.05) is 35.8 Å². The molecule has 0 spiro atoms. The molecule has 0 unspecified atom stereocenters. The third kappa shape index (κ3) is 3.13. The molecule has 0 saturated heterocycles. The van der Waals surface area contributed by atoms with Crippen LogP contribution >= 0.6 is 21.7 Å². The van der Waals surface area contributed by atoms with Crippen molar-refractivity contribution in [2.45, 2.75) is 4.90 Å². The molecule has 0 N–H and O–H groups in total. The van der Waals surface area contributed by atoms with E-state index in [4.69, 9.17) is 15.1 Å². The number of aromatic nitrogens is 1. The second kappa shape index (κ2) is 6.46. The predicted octanol–water partition coefficient (Wildman–Crippen LogP) is 5.32. The fourth-order valence-corrected chi connectivity index (χ4v) is 2.66. The van der Waals surface area contributed by atoms with E-state index in [0.717, 1.165) is 27.5 Å². The summed E-state index contributed by atoms with van der Waals surface area (Å²) in [5.41, 5.74) is 3.10. The van der Waals surface area contributed by atoms with Gasteiger partial charge in [-0.2, -0.15) is 0 Å². The molecule has 1 heterocycles. The summed E-state index contributed by atoms with van der Waals surface area (Å²) in [6.45, 7) is 0. The summed E-state index contributed by atoms with van der Waals surface area (Å²) in [4.78, 5) is 7.42. The van der Waals surface area contributed by atoms with E-state index < -0.39 is 0 Å². The molecule has 0 aliphatic carbocycles. The maximum Gasteiger partial charge on any atom is 0.226 e. The minimum Gasteiger partial charge on any atom is -0.436 e. The van der Waals surface area contributed by atoms with Gasteiger partial charge in [0.1, 0.15) is 0 Å². The first-order valence-electron chi connectivity index (χ1n) is 6.80. The van der Waals surface area contributed by atoms with Crippen molar-refractivity contribution in [3.05, 3.63) is 54.7 Å². The maximum atomic E-state index is 5.87. The Labute approximate surface area is 138 Å². The molecule has 3 rings (SSSR count). The van der Waals surface area contributed by atoms with Gasteiger partial charge in [-0.3, -0.25) is 0 Å². The smallest absolute Gasteiger partial charge is 0.226 e. The highest BCUT2D eigenvalue weighted by Crippen LogP contribution is 2.29. The van der Waals surface area contributed by atoms with Crippen molar-refractivity contribution < 1.29 is 4.42 Å². The van der Waals surface area contributed by atoms with Crippen LogP contribution in [-0.2, 0) is 0 Å². The summed E-state index contributed by atoms with van der Waals surface area (Å²) in [6.07, 6.45) is 1.75. The largest absolute Gasteiger partial charge is 0.436 e. The predicted molar refractivity (Wildman–Crippen MR) is 93.4 cm³/mol. The van der Waals surface area contributed by atoms with E-state index in [0.29, 0.717) is 5.89 Å². The Morgan fingerprint density at radius 1 is 0.955 bits per heavy atom. The zero-order valence-electron chi connectivity index (χ0n) is 12.3. The fourth-order valence-electron chi connectivity index (χ4n) is 2.11. The number of benzene rings is 2. The van der Waals surface area contributed by atoms with E-state index in [1.54, 1.807) is 6.20 Å². The summed E-state index contributed by atoms with van der Waals surface area (Å²) < 4.78 is 5.87. The summed E-state index contributed by atoms with van der Waals surface area (Å²) >= 11 is 0. The number of hydrogen-bond acceptors (Lipinski definition) is 4. The molecular formula is C17H15ClN2OS. The summed E-state index contributed by atoms with van der Waals surface area (Å²) in [5.74, 6) is 1.37. The SMILES string of the molecule is CN(C)c1ccc(-c2cnc(-c3ccc(SCl)cc3)o2)cc1. The molecule has 0 atom stereocenters. The minimum absolute atomic E-state index is 0.609. The number of hydrogen-bond donors (Lipinski definition) is 0. The lowest BCUT2D eigenvalue weighted by Gasteiger charge is -2.11. The quantitative estimate of drug-likeness (QED) is 0.647. The first-order chi connectivity index (χ1) is 10.7. The molecule has 0 bridgehead atoms.